The van der Waals surface area contributed by atoms with Gasteiger partial charge in [-0.3, -0.25) is 4.21 Å². The van der Waals surface area contributed by atoms with Crippen molar-refractivity contribution in [3.63, 3.8) is 0 Å². The molecular formula is C18H22N4OS2. The van der Waals surface area contributed by atoms with Gasteiger partial charge in [-0.05, 0) is 18.4 Å². The molecule has 0 saturated heterocycles. The predicted molar refractivity (Wildman–Crippen MR) is 103 cm³/mol. The Labute approximate surface area is 154 Å². The van der Waals surface area contributed by atoms with Gasteiger partial charge in [-0.25, -0.2) is 4.98 Å². The van der Waals surface area contributed by atoms with Gasteiger partial charge in [0, 0.05) is 28.8 Å². The molecule has 0 amide bonds. The highest BCUT2D eigenvalue weighted by Gasteiger charge is 2.12. The fraction of sp³-hybridized carbons (Fsp3) is 0.389. The van der Waals surface area contributed by atoms with Gasteiger partial charge in [0.1, 0.15) is 16.7 Å². The van der Waals surface area contributed by atoms with Crippen LogP contribution in [0.5, 0.6) is 0 Å². The first kappa shape index (κ1) is 17.9. The van der Waals surface area contributed by atoms with Crippen molar-refractivity contribution in [3.8, 4) is 10.6 Å². The Kier molecular flexibility index (Phi) is 5.44. The van der Waals surface area contributed by atoms with E-state index in [4.69, 9.17) is 0 Å². The number of benzene rings is 1. The van der Waals surface area contributed by atoms with Crippen LogP contribution >= 0.6 is 11.3 Å². The second-order valence-electron chi connectivity index (χ2n) is 6.37. The van der Waals surface area contributed by atoms with Gasteiger partial charge in [0.15, 0.2) is 0 Å². The number of aromatic nitrogens is 4. The molecule has 1 unspecified atom stereocenters. The Hall–Kier alpha value is -1.86. The standard InChI is InChI=1S/C18H22N4OS2/c1-12(2)14-5-7-15(8-6-14)18-19-16(9-24-18)10-25(23)11-17-21-20-13(3)22(17)4/h5-9,12H,10-11H2,1-4H3. The van der Waals surface area contributed by atoms with Gasteiger partial charge in [-0.1, -0.05) is 38.1 Å². The van der Waals surface area contributed by atoms with E-state index in [1.165, 1.54) is 5.56 Å². The zero-order chi connectivity index (χ0) is 18.0. The summed E-state index contributed by atoms with van der Waals surface area (Å²) >= 11 is 1.59. The number of hydrogen-bond donors (Lipinski definition) is 0. The van der Waals surface area contributed by atoms with E-state index in [9.17, 15) is 4.21 Å². The lowest BCUT2D eigenvalue weighted by atomic mass is 10.0. The summed E-state index contributed by atoms with van der Waals surface area (Å²) in [5.74, 6) is 2.93. The third-order valence-electron chi connectivity index (χ3n) is 4.16. The number of aryl methyl sites for hydroxylation is 1. The van der Waals surface area contributed by atoms with Crippen LogP contribution in [0.15, 0.2) is 29.6 Å². The van der Waals surface area contributed by atoms with E-state index >= 15 is 0 Å². The molecule has 0 spiro atoms. The fourth-order valence-electron chi connectivity index (χ4n) is 2.45. The van der Waals surface area contributed by atoms with E-state index in [0.29, 0.717) is 17.4 Å². The van der Waals surface area contributed by atoms with E-state index in [2.05, 4.69) is 53.3 Å². The first-order chi connectivity index (χ1) is 11.9. The van der Waals surface area contributed by atoms with Crippen molar-refractivity contribution in [2.24, 2.45) is 7.05 Å². The van der Waals surface area contributed by atoms with Crippen molar-refractivity contribution in [2.75, 3.05) is 0 Å². The summed E-state index contributed by atoms with van der Waals surface area (Å²) in [5.41, 5.74) is 3.29. The molecule has 2 aromatic heterocycles. The zero-order valence-corrected chi connectivity index (χ0v) is 16.5. The molecule has 132 valence electrons. The minimum absolute atomic E-state index is 0.396. The zero-order valence-electron chi connectivity index (χ0n) is 14.9. The Bertz CT molecular complexity index is 881. The molecule has 0 fully saturated rings. The summed E-state index contributed by atoms with van der Waals surface area (Å²) in [6.07, 6.45) is 0. The molecule has 0 saturated carbocycles. The van der Waals surface area contributed by atoms with Gasteiger partial charge in [0.2, 0.25) is 0 Å². The van der Waals surface area contributed by atoms with Crippen LogP contribution in [0.3, 0.4) is 0 Å². The summed E-state index contributed by atoms with van der Waals surface area (Å²) in [6, 6.07) is 8.51. The third-order valence-corrected chi connectivity index (χ3v) is 6.30. The van der Waals surface area contributed by atoms with E-state index < -0.39 is 10.8 Å². The van der Waals surface area contributed by atoms with Crippen molar-refractivity contribution in [2.45, 2.75) is 38.2 Å². The van der Waals surface area contributed by atoms with Gasteiger partial charge in [-0.15, -0.1) is 21.5 Å². The molecule has 3 aromatic rings. The lowest BCUT2D eigenvalue weighted by molar-refractivity contribution is 0.678. The number of hydrogen-bond acceptors (Lipinski definition) is 5. The maximum absolute atomic E-state index is 12.4. The van der Waals surface area contributed by atoms with E-state index in [-0.39, 0.29) is 0 Å². The Morgan fingerprint density at radius 1 is 1.16 bits per heavy atom. The molecule has 0 bridgehead atoms. The van der Waals surface area contributed by atoms with Crippen LogP contribution in [0, 0.1) is 6.92 Å². The molecule has 3 rings (SSSR count). The molecule has 0 radical (unpaired) electrons. The molecule has 5 nitrogen and oxygen atoms in total. The Balaban J connectivity index is 1.67. The van der Waals surface area contributed by atoms with Crippen molar-refractivity contribution < 1.29 is 4.21 Å². The van der Waals surface area contributed by atoms with Crippen LogP contribution in [0.25, 0.3) is 10.6 Å². The lowest BCUT2D eigenvalue weighted by Gasteiger charge is -2.05. The Morgan fingerprint density at radius 3 is 2.48 bits per heavy atom. The smallest absolute Gasteiger partial charge is 0.145 e. The van der Waals surface area contributed by atoms with Crippen LogP contribution in [0.4, 0.5) is 0 Å². The van der Waals surface area contributed by atoms with Crippen LogP contribution in [-0.2, 0) is 29.4 Å². The fourth-order valence-corrected chi connectivity index (χ4v) is 4.50. The lowest BCUT2D eigenvalue weighted by Crippen LogP contribution is -2.06. The van der Waals surface area contributed by atoms with Crippen LogP contribution < -0.4 is 0 Å². The second kappa shape index (κ2) is 7.58. The molecule has 0 aliphatic carbocycles. The largest absolute Gasteiger partial charge is 0.318 e. The first-order valence-corrected chi connectivity index (χ1v) is 10.6. The Morgan fingerprint density at radius 2 is 1.88 bits per heavy atom. The highest BCUT2D eigenvalue weighted by atomic mass is 32.2. The monoisotopic (exact) mass is 374 g/mol. The van der Waals surface area contributed by atoms with Gasteiger partial charge >= 0.3 is 0 Å². The number of nitrogens with zero attached hydrogens (tertiary/aromatic N) is 4. The topological polar surface area (TPSA) is 60.7 Å². The summed E-state index contributed by atoms with van der Waals surface area (Å²) in [5, 5.41) is 11.0. The van der Waals surface area contributed by atoms with Gasteiger partial charge in [0.25, 0.3) is 0 Å². The highest BCUT2D eigenvalue weighted by Crippen LogP contribution is 2.26. The molecule has 1 atom stereocenters. The van der Waals surface area contributed by atoms with Gasteiger partial charge in [0.05, 0.1) is 17.2 Å². The van der Waals surface area contributed by atoms with E-state index in [1.54, 1.807) is 11.3 Å². The normalized spacial score (nSPS) is 12.7. The van der Waals surface area contributed by atoms with Gasteiger partial charge in [-0.2, -0.15) is 0 Å². The predicted octanol–water partition coefficient (Wildman–Crippen LogP) is 3.82. The summed E-state index contributed by atoms with van der Waals surface area (Å²) in [7, 11) is 0.841. The summed E-state index contributed by atoms with van der Waals surface area (Å²) < 4.78 is 14.3. The second-order valence-corrected chi connectivity index (χ2v) is 8.69. The van der Waals surface area contributed by atoms with Crippen molar-refractivity contribution >= 4 is 22.1 Å². The molecule has 2 heterocycles. The van der Waals surface area contributed by atoms with Crippen molar-refractivity contribution in [1.82, 2.24) is 19.7 Å². The minimum Gasteiger partial charge on any atom is -0.318 e. The number of rotatable bonds is 6. The van der Waals surface area contributed by atoms with E-state index in [1.807, 2.05) is 23.9 Å². The maximum Gasteiger partial charge on any atom is 0.145 e. The van der Waals surface area contributed by atoms with E-state index in [0.717, 1.165) is 27.9 Å². The summed E-state index contributed by atoms with van der Waals surface area (Å²) in [6.45, 7) is 6.26. The average molecular weight is 375 g/mol. The molecule has 1 aromatic carbocycles. The minimum atomic E-state index is -1.05. The molecule has 25 heavy (non-hydrogen) atoms. The van der Waals surface area contributed by atoms with Crippen LogP contribution in [0.1, 0.15) is 42.7 Å². The van der Waals surface area contributed by atoms with Gasteiger partial charge < -0.3 is 4.57 Å². The van der Waals surface area contributed by atoms with Crippen LogP contribution in [0.2, 0.25) is 0 Å². The molecule has 0 N–H and O–H groups in total. The number of thiazole rings is 1. The van der Waals surface area contributed by atoms with Crippen LogP contribution in [-0.4, -0.2) is 24.0 Å². The quantitative estimate of drug-likeness (QED) is 0.658. The first-order valence-electron chi connectivity index (χ1n) is 8.18. The van der Waals surface area contributed by atoms with Crippen molar-refractivity contribution in [3.05, 3.63) is 52.6 Å². The maximum atomic E-state index is 12.4. The summed E-state index contributed by atoms with van der Waals surface area (Å²) in [4.78, 5) is 4.65. The molecule has 0 aliphatic rings. The average Bonchev–Trinajstić information content (AvgIpc) is 3.17. The third kappa shape index (κ3) is 4.22. The van der Waals surface area contributed by atoms with Crippen molar-refractivity contribution in [1.29, 1.82) is 0 Å². The molecular weight excluding hydrogens is 352 g/mol. The SMILES string of the molecule is Cc1nnc(CS(=O)Cc2csc(-c3ccc(C(C)C)cc3)n2)n1C. The molecule has 0 aliphatic heterocycles. The molecule has 7 heteroatoms. The highest BCUT2D eigenvalue weighted by molar-refractivity contribution is 7.83.